The normalized spacial score (nSPS) is 12.0. The fourth-order valence-corrected chi connectivity index (χ4v) is 0.910. The van der Waals surface area contributed by atoms with Crippen LogP contribution >= 0.6 is 0 Å². The zero-order valence-electron chi connectivity index (χ0n) is 6.87. The fraction of sp³-hybridized carbons (Fsp3) is 0.222. The van der Waals surface area contributed by atoms with Crippen LogP contribution in [0.2, 0.25) is 0 Å². The van der Waals surface area contributed by atoms with Gasteiger partial charge in [-0.3, -0.25) is 0 Å². The third-order valence-corrected chi connectivity index (χ3v) is 1.60. The summed E-state index contributed by atoms with van der Waals surface area (Å²) < 4.78 is 5.05. The molecule has 0 aliphatic heterocycles. The Morgan fingerprint density at radius 1 is 1.75 bits per heavy atom. The molecule has 1 aromatic heterocycles. The summed E-state index contributed by atoms with van der Waals surface area (Å²) in [7, 11) is 0. The van der Waals surface area contributed by atoms with Crippen LogP contribution in [0.3, 0.4) is 0 Å². The number of hydrogen-bond donors (Lipinski definition) is 1. The third-order valence-electron chi connectivity index (χ3n) is 1.60. The number of furan rings is 1. The highest BCUT2D eigenvalue weighted by Crippen LogP contribution is 2.15. The minimum atomic E-state index is 0.435. The van der Waals surface area contributed by atoms with Crippen molar-refractivity contribution in [3.8, 4) is 6.07 Å². The molecule has 3 heteroatoms. The summed E-state index contributed by atoms with van der Waals surface area (Å²) in [4.78, 5) is 0. The van der Waals surface area contributed by atoms with Gasteiger partial charge in [-0.1, -0.05) is 6.92 Å². The van der Waals surface area contributed by atoms with Crippen LogP contribution in [0, 0.1) is 11.3 Å². The van der Waals surface area contributed by atoms with E-state index < -0.39 is 0 Å². The van der Waals surface area contributed by atoms with Gasteiger partial charge in [-0.05, 0) is 18.6 Å². The van der Waals surface area contributed by atoms with Crippen LogP contribution < -0.4 is 5.73 Å². The summed E-state index contributed by atoms with van der Waals surface area (Å²) in [5.41, 5.74) is 6.66. The number of nitriles is 1. The molecule has 0 saturated carbocycles. The molecular weight excluding hydrogens is 152 g/mol. The van der Waals surface area contributed by atoms with Crippen molar-refractivity contribution >= 4 is 5.70 Å². The van der Waals surface area contributed by atoms with Crippen molar-refractivity contribution < 1.29 is 4.42 Å². The van der Waals surface area contributed by atoms with Crippen molar-refractivity contribution in [2.75, 3.05) is 0 Å². The number of hydrogen-bond acceptors (Lipinski definition) is 3. The second-order valence-corrected chi connectivity index (χ2v) is 2.33. The zero-order valence-corrected chi connectivity index (χ0v) is 6.87. The van der Waals surface area contributed by atoms with E-state index >= 15 is 0 Å². The van der Waals surface area contributed by atoms with Gasteiger partial charge in [0.2, 0.25) is 0 Å². The second kappa shape index (κ2) is 3.63. The van der Waals surface area contributed by atoms with Crippen molar-refractivity contribution in [1.82, 2.24) is 0 Å². The molecule has 1 rings (SSSR count). The lowest BCUT2D eigenvalue weighted by atomic mass is 10.1. The zero-order chi connectivity index (χ0) is 8.97. The van der Waals surface area contributed by atoms with Crippen LogP contribution in [0.25, 0.3) is 5.70 Å². The van der Waals surface area contributed by atoms with E-state index in [0.717, 1.165) is 0 Å². The van der Waals surface area contributed by atoms with Crippen molar-refractivity contribution in [2.24, 2.45) is 5.73 Å². The molecule has 2 N–H and O–H groups in total. The second-order valence-electron chi connectivity index (χ2n) is 2.33. The molecule has 0 unspecified atom stereocenters. The molecular formula is C9H10N2O. The molecule has 0 bridgehead atoms. The lowest BCUT2D eigenvalue weighted by Crippen LogP contribution is -1.98. The molecule has 0 aliphatic carbocycles. The smallest absolute Gasteiger partial charge is 0.150 e. The maximum Gasteiger partial charge on any atom is 0.150 e. The Bertz CT molecular complexity index is 317. The lowest BCUT2D eigenvalue weighted by molar-refractivity contribution is 0.551. The summed E-state index contributed by atoms with van der Waals surface area (Å²) in [6.45, 7) is 1.88. The van der Waals surface area contributed by atoms with Gasteiger partial charge in [-0.15, -0.1) is 0 Å². The van der Waals surface area contributed by atoms with Gasteiger partial charge in [0.15, 0.2) is 5.76 Å². The van der Waals surface area contributed by atoms with Crippen molar-refractivity contribution in [1.29, 1.82) is 5.26 Å². The van der Waals surface area contributed by atoms with E-state index in [4.69, 9.17) is 15.4 Å². The van der Waals surface area contributed by atoms with Gasteiger partial charge in [0, 0.05) is 0 Å². The molecule has 3 nitrogen and oxygen atoms in total. The standard InChI is InChI=1S/C9H10N2O/c1-2-7(6-10)9(11)8-4-3-5-12-8/h3-5H,2,11H2,1H3/b9-7-. The molecule has 0 spiro atoms. The molecule has 12 heavy (non-hydrogen) atoms. The molecule has 0 atom stereocenters. The monoisotopic (exact) mass is 162 g/mol. The fourth-order valence-electron chi connectivity index (χ4n) is 0.910. The third kappa shape index (κ3) is 1.48. The molecule has 0 saturated heterocycles. The van der Waals surface area contributed by atoms with E-state index in [0.29, 0.717) is 23.5 Å². The van der Waals surface area contributed by atoms with Crippen LogP contribution in [0.5, 0.6) is 0 Å². The minimum absolute atomic E-state index is 0.435. The highest BCUT2D eigenvalue weighted by Gasteiger charge is 2.04. The quantitative estimate of drug-likeness (QED) is 0.675. The first kappa shape index (κ1) is 8.41. The summed E-state index contributed by atoms with van der Waals surface area (Å²) in [6, 6.07) is 5.52. The van der Waals surface area contributed by atoms with Crippen LogP contribution in [0.15, 0.2) is 28.4 Å². The first-order valence-corrected chi connectivity index (χ1v) is 3.72. The Morgan fingerprint density at radius 2 is 2.50 bits per heavy atom. The highest BCUT2D eigenvalue weighted by molar-refractivity contribution is 5.65. The van der Waals surface area contributed by atoms with Gasteiger partial charge in [-0.25, -0.2) is 0 Å². The maximum absolute atomic E-state index is 8.67. The first-order chi connectivity index (χ1) is 5.79. The average molecular weight is 162 g/mol. The molecule has 62 valence electrons. The van der Waals surface area contributed by atoms with E-state index in [1.54, 1.807) is 12.1 Å². The first-order valence-electron chi connectivity index (χ1n) is 3.72. The van der Waals surface area contributed by atoms with Crippen molar-refractivity contribution in [3.63, 3.8) is 0 Å². The van der Waals surface area contributed by atoms with Crippen LogP contribution in [0.1, 0.15) is 19.1 Å². The van der Waals surface area contributed by atoms with Crippen LogP contribution in [-0.4, -0.2) is 0 Å². The topological polar surface area (TPSA) is 63.0 Å². The molecule has 0 aliphatic rings. The van der Waals surface area contributed by atoms with E-state index in [1.807, 2.05) is 13.0 Å². The van der Waals surface area contributed by atoms with E-state index in [2.05, 4.69) is 0 Å². The lowest BCUT2D eigenvalue weighted by Gasteiger charge is -1.98. The SMILES string of the molecule is CC/C(C#N)=C(/N)c1ccco1. The predicted molar refractivity (Wildman–Crippen MR) is 45.7 cm³/mol. The molecule has 0 amide bonds. The molecule has 1 heterocycles. The Hall–Kier alpha value is -1.69. The average Bonchev–Trinajstić information content (AvgIpc) is 2.58. The Kier molecular flexibility index (Phi) is 2.54. The van der Waals surface area contributed by atoms with Crippen molar-refractivity contribution in [2.45, 2.75) is 13.3 Å². The minimum Gasteiger partial charge on any atom is -0.463 e. The van der Waals surface area contributed by atoms with Gasteiger partial charge >= 0.3 is 0 Å². The van der Waals surface area contributed by atoms with E-state index in [1.165, 1.54) is 6.26 Å². The van der Waals surface area contributed by atoms with Gasteiger partial charge in [-0.2, -0.15) is 5.26 Å². The molecule has 0 radical (unpaired) electrons. The number of rotatable bonds is 2. The summed E-state index contributed by atoms with van der Waals surface area (Å²) >= 11 is 0. The Labute approximate surface area is 71.1 Å². The molecule has 1 aromatic rings. The summed E-state index contributed by atoms with van der Waals surface area (Å²) in [5, 5.41) is 8.67. The largest absolute Gasteiger partial charge is 0.463 e. The maximum atomic E-state index is 8.67. The Morgan fingerprint density at radius 3 is 2.92 bits per heavy atom. The number of allylic oxidation sites excluding steroid dienone is 1. The molecule has 0 fully saturated rings. The summed E-state index contributed by atoms with van der Waals surface area (Å²) in [5.74, 6) is 0.563. The van der Waals surface area contributed by atoms with E-state index in [9.17, 15) is 0 Å². The van der Waals surface area contributed by atoms with Gasteiger partial charge < -0.3 is 10.2 Å². The van der Waals surface area contributed by atoms with Gasteiger partial charge in [0.25, 0.3) is 0 Å². The Balaban J connectivity index is 3.05. The van der Waals surface area contributed by atoms with Crippen LogP contribution in [0.4, 0.5) is 0 Å². The summed E-state index contributed by atoms with van der Waals surface area (Å²) in [6.07, 6.45) is 2.16. The molecule has 0 aromatic carbocycles. The predicted octanol–water partition coefficient (Wildman–Crippen LogP) is 1.88. The van der Waals surface area contributed by atoms with E-state index in [-0.39, 0.29) is 0 Å². The van der Waals surface area contributed by atoms with Crippen molar-refractivity contribution in [3.05, 3.63) is 29.7 Å². The highest BCUT2D eigenvalue weighted by atomic mass is 16.3. The number of nitrogens with zero attached hydrogens (tertiary/aromatic N) is 1. The van der Waals surface area contributed by atoms with Gasteiger partial charge in [0.05, 0.1) is 23.6 Å². The number of nitrogens with two attached hydrogens (primary N) is 1. The van der Waals surface area contributed by atoms with Gasteiger partial charge in [0.1, 0.15) is 0 Å². The van der Waals surface area contributed by atoms with Crippen LogP contribution in [-0.2, 0) is 0 Å².